The predicted octanol–water partition coefficient (Wildman–Crippen LogP) is 3.91. The Kier molecular flexibility index (Phi) is 6.43. The van der Waals surface area contributed by atoms with Gasteiger partial charge in [-0.15, -0.1) is 0 Å². The maximum Gasteiger partial charge on any atom is 0.355 e. The standard InChI is InChI=1S/C24H27ClN2O6/c1-3-21(28)24(27(22(29)4-2)18(13-32-24)23(30)31)14-26-12-15-7-5-6-8-19(15)33-20-10-9-16(25)11-17(20)26/h5-11,13,21-22,28-29H,3-4,12,14H2,1-2H3,(H,30,31). The van der Waals surface area contributed by atoms with Crippen molar-refractivity contribution < 1.29 is 29.6 Å². The number of rotatable bonds is 7. The molecule has 4 rings (SSSR count). The highest BCUT2D eigenvalue weighted by atomic mass is 35.5. The van der Waals surface area contributed by atoms with E-state index in [1.807, 2.05) is 29.2 Å². The Morgan fingerprint density at radius 2 is 1.91 bits per heavy atom. The van der Waals surface area contributed by atoms with E-state index in [9.17, 15) is 20.1 Å². The molecule has 0 radical (unpaired) electrons. The van der Waals surface area contributed by atoms with E-state index in [4.69, 9.17) is 21.1 Å². The molecular formula is C24H27ClN2O6. The van der Waals surface area contributed by atoms with Crippen LogP contribution in [0.1, 0.15) is 32.3 Å². The van der Waals surface area contributed by atoms with E-state index in [0.717, 1.165) is 11.8 Å². The summed E-state index contributed by atoms with van der Waals surface area (Å²) >= 11 is 6.31. The number of nitrogens with zero attached hydrogens (tertiary/aromatic N) is 2. The Morgan fingerprint density at radius 3 is 2.61 bits per heavy atom. The third-order valence-electron chi connectivity index (χ3n) is 6.06. The van der Waals surface area contributed by atoms with Gasteiger partial charge in [0.25, 0.3) is 0 Å². The number of carbonyl (C=O) groups is 1. The van der Waals surface area contributed by atoms with Gasteiger partial charge in [0.15, 0.2) is 11.4 Å². The minimum absolute atomic E-state index is 0.0391. The average Bonchev–Trinajstić information content (AvgIpc) is 3.13. The van der Waals surface area contributed by atoms with Gasteiger partial charge in [-0.25, -0.2) is 4.79 Å². The number of halogens is 1. The molecular weight excluding hydrogens is 448 g/mol. The summed E-state index contributed by atoms with van der Waals surface area (Å²) in [6.45, 7) is 3.94. The van der Waals surface area contributed by atoms with Crippen LogP contribution in [0.15, 0.2) is 54.4 Å². The zero-order valence-corrected chi connectivity index (χ0v) is 19.2. The van der Waals surface area contributed by atoms with E-state index in [2.05, 4.69) is 0 Å². The van der Waals surface area contributed by atoms with Crippen LogP contribution in [-0.2, 0) is 16.1 Å². The molecule has 2 heterocycles. The fourth-order valence-electron chi connectivity index (χ4n) is 4.38. The second-order valence-electron chi connectivity index (χ2n) is 8.13. The molecule has 9 heteroatoms. The molecule has 176 valence electrons. The number of benzene rings is 2. The number of hydrogen-bond donors (Lipinski definition) is 3. The topological polar surface area (TPSA) is 103 Å². The number of carboxylic acid groups (broad SMARTS) is 1. The molecule has 2 aliphatic rings. The largest absolute Gasteiger partial charge is 0.476 e. The zero-order chi connectivity index (χ0) is 23.8. The highest BCUT2D eigenvalue weighted by Gasteiger charge is 2.54. The summed E-state index contributed by atoms with van der Waals surface area (Å²) in [7, 11) is 0. The summed E-state index contributed by atoms with van der Waals surface area (Å²) in [5.74, 6) is 0.00830. The number of fused-ring (bicyclic) bond motifs is 2. The van der Waals surface area contributed by atoms with Gasteiger partial charge in [0, 0.05) is 17.1 Å². The molecule has 0 fully saturated rings. The number of carboxylic acids is 1. The van der Waals surface area contributed by atoms with E-state index in [1.165, 1.54) is 4.90 Å². The van der Waals surface area contributed by atoms with Crippen molar-refractivity contribution in [3.63, 3.8) is 0 Å². The summed E-state index contributed by atoms with van der Waals surface area (Å²) in [6.07, 6.45) is -0.669. The molecule has 2 aromatic carbocycles. The first-order valence-electron chi connectivity index (χ1n) is 10.9. The lowest BCUT2D eigenvalue weighted by molar-refractivity contribution is -0.190. The van der Waals surface area contributed by atoms with Crippen LogP contribution >= 0.6 is 11.6 Å². The van der Waals surface area contributed by atoms with Gasteiger partial charge in [-0.3, -0.25) is 4.90 Å². The molecule has 0 amide bonds. The molecule has 2 aromatic rings. The molecule has 0 aliphatic carbocycles. The van der Waals surface area contributed by atoms with Gasteiger partial charge >= 0.3 is 5.97 Å². The average molecular weight is 475 g/mol. The smallest absolute Gasteiger partial charge is 0.355 e. The van der Waals surface area contributed by atoms with Crippen LogP contribution in [0.25, 0.3) is 0 Å². The van der Waals surface area contributed by atoms with Crippen molar-refractivity contribution in [3.05, 3.63) is 65.0 Å². The molecule has 0 aromatic heterocycles. The van der Waals surface area contributed by atoms with Crippen LogP contribution in [0.5, 0.6) is 11.5 Å². The number of ether oxygens (including phenoxy) is 2. The fourth-order valence-corrected chi connectivity index (χ4v) is 4.55. The van der Waals surface area contributed by atoms with Crippen LogP contribution < -0.4 is 9.64 Å². The van der Waals surface area contributed by atoms with Crippen molar-refractivity contribution in [2.75, 3.05) is 11.4 Å². The molecule has 0 spiro atoms. The van der Waals surface area contributed by atoms with Crippen molar-refractivity contribution in [3.8, 4) is 11.5 Å². The van der Waals surface area contributed by atoms with Crippen LogP contribution in [0.2, 0.25) is 5.02 Å². The molecule has 3 unspecified atom stereocenters. The van der Waals surface area contributed by atoms with Crippen LogP contribution in [0.4, 0.5) is 5.69 Å². The van der Waals surface area contributed by atoms with Gasteiger partial charge in [-0.1, -0.05) is 43.6 Å². The van der Waals surface area contributed by atoms with Gasteiger partial charge in [-0.2, -0.15) is 0 Å². The first kappa shape index (κ1) is 23.2. The van der Waals surface area contributed by atoms with Crippen molar-refractivity contribution in [2.24, 2.45) is 0 Å². The van der Waals surface area contributed by atoms with E-state index >= 15 is 0 Å². The maximum absolute atomic E-state index is 12.0. The molecule has 0 saturated heterocycles. The van der Waals surface area contributed by atoms with E-state index < -0.39 is 24.0 Å². The Morgan fingerprint density at radius 1 is 1.15 bits per heavy atom. The Labute approximate surface area is 197 Å². The Hall–Kier alpha value is -2.94. The van der Waals surface area contributed by atoms with E-state index in [0.29, 0.717) is 28.8 Å². The number of hydrogen-bond acceptors (Lipinski definition) is 7. The minimum atomic E-state index is -1.54. The monoisotopic (exact) mass is 474 g/mol. The van der Waals surface area contributed by atoms with Crippen molar-refractivity contribution >= 4 is 23.3 Å². The molecule has 2 aliphatic heterocycles. The number of aliphatic carboxylic acids is 1. The van der Waals surface area contributed by atoms with Crippen LogP contribution in [0.3, 0.4) is 0 Å². The third kappa shape index (κ3) is 4.10. The van der Waals surface area contributed by atoms with Gasteiger partial charge in [-0.05, 0) is 37.1 Å². The van der Waals surface area contributed by atoms with E-state index in [-0.39, 0.29) is 25.1 Å². The Balaban J connectivity index is 1.83. The lowest BCUT2D eigenvalue weighted by Gasteiger charge is -2.46. The first-order chi connectivity index (χ1) is 15.8. The summed E-state index contributed by atoms with van der Waals surface area (Å²) in [6, 6.07) is 12.9. The molecule has 3 atom stereocenters. The summed E-state index contributed by atoms with van der Waals surface area (Å²) in [4.78, 5) is 15.2. The van der Waals surface area contributed by atoms with Gasteiger partial charge < -0.3 is 29.7 Å². The number of aliphatic hydroxyl groups is 2. The van der Waals surface area contributed by atoms with Crippen LogP contribution in [-0.4, -0.2) is 50.8 Å². The van der Waals surface area contributed by atoms with Crippen LogP contribution in [0, 0.1) is 0 Å². The zero-order valence-electron chi connectivity index (χ0n) is 18.4. The number of aliphatic hydroxyl groups excluding tert-OH is 2. The normalized spacial score (nSPS) is 21.2. The molecule has 0 bridgehead atoms. The minimum Gasteiger partial charge on any atom is -0.476 e. The highest BCUT2D eigenvalue weighted by molar-refractivity contribution is 6.31. The van der Waals surface area contributed by atoms with E-state index in [1.54, 1.807) is 32.0 Å². The maximum atomic E-state index is 12.0. The van der Waals surface area contributed by atoms with Gasteiger partial charge in [0.05, 0.1) is 12.2 Å². The second kappa shape index (κ2) is 9.13. The Bertz CT molecular complexity index is 1080. The quantitative estimate of drug-likeness (QED) is 0.555. The molecule has 33 heavy (non-hydrogen) atoms. The second-order valence-corrected chi connectivity index (χ2v) is 8.57. The van der Waals surface area contributed by atoms with Crippen molar-refractivity contribution in [2.45, 2.75) is 51.3 Å². The highest BCUT2D eigenvalue weighted by Crippen LogP contribution is 2.44. The SMILES string of the molecule is CCC(O)N1C(C(=O)O)=COC1(CN1Cc2ccccc2Oc2ccc(Cl)cc21)C(O)CC. The summed E-state index contributed by atoms with van der Waals surface area (Å²) in [5.41, 5.74) is -0.191. The third-order valence-corrected chi connectivity index (χ3v) is 6.30. The lowest BCUT2D eigenvalue weighted by atomic mass is 9.99. The predicted molar refractivity (Wildman–Crippen MR) is 123 cm³/mol. The van der Waals surface area contributed by atoms with Gasteiger partial charge in [0.1, 0.15) is 24.3 Å². The van der Waals surface area contributed by atoms with Crippen molar-refractivity contribution in [1.29, 1.82) is 0 Å². The lowest BCUT2D eigenvalue weighted by Crippen LogP contribution is -2.63. The number of para-hydroxylation sites is 1. The number of anilines is 1. The first-order valence-corrected chi connectivity index (χ1v) is 11.3. The van der Waals surface area contributed by atoms with Gasteiger partial charge in [0.2, 0.25) is 5.72 Å². The summed E-state index contributed by atoms with van der Waals surface area (Å²) < 4.78 is 12.1. The van der Waals surface area contributed by atoms with Crippen molar-refractivity contribution in [1.82, 2.24) is 4.90 Å². The summed E-state index contributed by atoms with van der Waals surface area (Å²) in [5, 5.41) is 32.2. The molecule has 3 N–H and O–H groups in total. The molecule has 0 saturated carbocycles. The fraction of sp³-hybridized carbons (Fsp3) is 0.375. The molecule has 8 nitrogen and oxygen atoms in total.